The number of hydrogen-bond acceptors (Lipinski definition) is 5. The first kappa shape index (κ1) is 22.8. The Morgan fingerprint density at radius 3 is 2.50 bits per heavy atom. The van der Waals surface area contributed by atoms with Crippen molar-refractivity contribution in [2.24, 2.45) is 0 Å². The van der Waals surface area contributed by atoms with Crippen LogP contribution in [-0.4, -0.2) is 67.6 Å². The third kappa shape index (κ3) is 5.85. The lowest BCUT2D eigenvalue weighted by molar-refractivity contribution is -0.118. The summed E-state index contributed by atoms with van der Waals surface area (Å²) in [6, 6.07) is 10.6. The molecule has 30 heavy (non-hydrogen) atoms. The van der Waals surface area contributed by atoms with E-state index in [9.17, 15) is 4.79 Å². The van der Waals surface area contributed by atoms with Gasteiger partial charge in [-0.3, -0.25) is 4.79 Å². The Balaban J connectivity index is 1.67. The lowest BCUT2D eigenvalue weighted by atomic mass is 10.1. The highest BCUT2D eigenvalue weighted by Gasteiger charge is 2.21. The molecule has 1 aliphatic heterocycles. The first-order valence-electron chi connectivity index (χ1n) is 9.41. The van der Waals surface area contributed by atoms with E-state index in [1.165, 1.54) is 0 Å². The van der Waals surface area contributed by atoms with E-state index in [2.05, 4.69) is 38.1 Å². The summed E-state index contributed by atoms with van der Waals surface area (Å²) in [7, 11) is 3.67. The third-order valence-electron chi connectivity index (χ3n) is 4.74. The largest absolute Gasteiger partial charge is 0.493 e. The summed E-state index contributed by atoms with van der Waals surface area (Å²) in [5.41, 5.74) is 1.52. The third-order valence-corrected chi connectivity index (χ3v) is 6.08. The van der Waals surface area contributed by atoms with Gasteiger partial charge in [-0.15, -0.1) is 0 Å². The van der Waals surface area contributed by atoms with Crippen molar-refractivity contribution in [3.63, 3.8) is 0 Å². The van der Waals surface area contributed by atoms with Crippen molar-refractivity contribution < 1.29 is 14.3 Å². The van der Waals surface area contributed by atoms with Gasteiger partial charge in [-0.05, 0) is 59.4 Å². The topological polar surface area (TPSA) is 54.0 Å². The highest BCUT2D eigenvalue weighted by Crippen LogP contribution is 2.37. The molecule has 0 saturated carbocycles. The van der Waals surface area contributed by atoms with Gasteiger partial charge in [0, 0.05) is 42.5 Å². The van der Waals surface area contributed by atoms with Crippen LogP contribution in [0.4, 0.5) is 5.69 Å². The zero-order valence-electron chi connectivity index (χ0n) is 16.8. The van der Waals surface area contributed by atoms with Crippen LogP contribution in [0.2, 0.25) is 5.02 Å². The summed E-state index contributed by atoms with van der Waals surface area (Å²) in [4.78, 5) is 17.5. The molecule has 1 heterocycles. The molecule has 2 aromatic rings. The van der Waals surface area contributed by atoms with E-state index >= 15 is 0 Å². The molecular formula is C21H23BrClN3O3S. The standard InChI is InChI=1S/C21H23BrClN3O3S/c1-25-7-9-26(10-8-25)21(30)14-11-17(22)20(18(12-14)28-2)29-13-19(27)24-16-5-3-15(23)4-6-16/h3-6,11-12H,7-10,13H2,1-2H3,(H,24,27). The molecule has 1 N–H and O–H groups in total. The van der Waals surface area contributed by atoms with Crippen molar-refractivity contribution >= 4 is 56.3 Å². The number of nitrogens with zero attached hydrogens (tertiary/aromatic N) is 2. The number of rotatable bonds is 6. The first-order valence-corrected chi connectivity index (χ1v) is 11.0. The zero-order valence-corrected chi connectivity index (χ0v) is 19.9. The Morgan fingerprint density at radius 1 is 1.20 bits per heavy atom. The summed E-state index contributed by atoms with van der Waals surface area (Å²) in [5, 5.41) is 3.37. The molecule has 0 aliphatic carbocycles. The lowest BCUT2D eigenvalue weighted by Gasteiger charge is -2.34. The van der Waals surface area contributed by atoms with Crippen molar-refractivity contribution in [2.45, 2.75) is 0 Å². The molecule has 1 fully saturated rings. The molecular weight excluding hydrogens is 490 g/mol. The van der Waals surface area contributed by atoms with Gasteiger partial charge in [0.2, 0.25) is 0 Å². The summed E-state index contributed by atoms with van der Waals surface area (Å²) >= 11 is 15.1. The van der Waals surface area contributed by atoms with Gasteiger partial charge in [-0.25, -0.2) is 0 Å². The number of ether oxygens (including phenoxy) is 2. The molecule has 1 aliphatic rings. The summed E-state index contributed by atoms with van der Waals surface area (Å²) in [6.45, 7) is 3.56. The van der Waals surface area contributed by atoms with Gasteiger partial charge < -0.3 is 24.6 Å². The molecule has 1 amide bonds. The number of carbonyl (C=O) groups excluding carboxylic acids is 1. The quantitative estimate of drug-likeness (QED) is 0.590. The van der Waals surface area contributed by atoms with Gasteiger partial charge in [0.05, 0.1) is 11.6 Å². The summed E-state index contributed by atoms with van der Waals surface area (Å²) in [5.74, 6) is 0.673. The van der Waals surface area contributed by atoms with Crippen molar-refractivity contribution in [3.8, 4) is 11.5 Å². The molecule has 3 rings (SSSR count). The maximum atomic E-state index is 12.2. The maximum Gasteiger partial charge on any atom is 0.262 e. The molecule has 0 bridgehead atoms. The molecule has 1 saturated heterocycles. The normalized spacial score (nSPS) is 14.3. The van der Waals surface area contributed by atoms with Gasteiger partial charge >= 0.3 is 0 Å². The Morgan fingerprint density at radius 2 is 1.87 bits per heavy atom. The molecule has 0 spiro atoms. The molecule has 2 aromatic carbocycles. The number of nitrogens with one attached hydrogen (secondary N) is 1. The van der Waals surface area contributed by atoms with Crippen LogP contribution in [0.5, 0.6) is 11.5 Å². The number of piperazine rings is 1. The molecule has 9 heteroatoms. The number of benzene rings is 2. The number of anilines is 1. The van der Waals surface area contributed by atoms with E-state index in [1.807, 2.05) is 12.1 Å². The fraction of sp³-hybridized carbons (Fsp3) is 0.333. The minimum absolute atomic E-state index is 0.167. The smallest absolute Gasteiger partial charge is 0.262 e. The van der Waals surface area contributed by atoms with E-state index in [0.29, 0.717) is 26.7 Å². The maximum absolute atomic E-state index is 12.2. The highest BCUT2D eigenvalue weighted by molar-refractivity contribution is 9.10. The monoisotopic (exact) mass is 511 g/mol. The van der Waals surface area contributed by atoms with E-state index in [-0.39, 0.29) is 12.5 Å². The minimum atomic E-state index is -0.289. The molecule has 160 valence electrons. The number of carbonyl (C=O) groups is 1. The average molecular weight is 513 g/mol. The SMILES string of the molecule is COc1cc(C(=S)N2CCN(C)CC2)cc(Br)c1OCC(=O)Nc1ccc(Cl)cc1. The van der Waals surface area contributed by atoms with Gasteiger partial charge in [-0.1, -0.05) is 23.8 Å². The van der Waals surface area contributed by atoms with Gasteiger partial charge in [0.15, 0.2) is 18.1 Å². The van der Waals surface area contributed by atoms with Crippen LogP contribution in [0.25, 0.3) is 0 Å². The minimum Gasteiger partial charge on any atom is -0.493 e. The lowest BCUT2D eigenvalue weighted by Crippen LogP contribution is -2.46. The second kappa shape index (κ2) is 10.4. The predicted octanol–water partition coefficient (Wildman–Crippen LogP) is 4.05. The number of hydrogen-bond donors (Lipinski definition) is 1. The van der Waals surface area contributed by atoms with E-state index in [1.54, 1.807) is 31.4 Å². The fourth-order valence-electron chi connectivity index (χ4n) is 3.04. The van der Waals surface area contributed by atoms with Crippen LogP contribution in [0.1, 0.15) is 5.56 Å². The fourth-order valence-corrected chi connectivity index (χ4v) is 4.03. The Kier molecular flexibility index (Phi) is 7.93. The Hall–Kier alpha value is -1.87. The first-order chi connectivity index (χ1) is 14.4. The van der Waals surface area contributed by atoms with Crippen LogP contribution < -0.4 is 14.8 Å². The second-order valence-electron chi connectivity index (χ2n) is 6.93. The van der Waals surface area contributed by atoms with Crippen LogP contribution >= 0.6 is 39.7 Å². The van der Waals surface area contributed by atoms with E-state index in [4.69, 9.17) is 33.3 Å². The van der Waals surface area contributed by atoms with Crippen molar-refractivity contribution in [1.29, 1.82) is 0 Å². The van der Waals surface area contributed by atoms with Crippen LogP contribution in [0.3, 0.4) is 0 Å². The van der Waals surface area contributed by atoms with Crippen molar-refractivity contribution in [1.82, 2.24) is 9.80 Å². The van der Waals surface area contributed by atoms with Crippen molar-refractivity contribution in [3.05, 3.63) is 51.5 Å². The average Bonchev–Trinajstić information content (AvgIpc) is 2.74. The number of likely N-dealkylation sites (N-methyl/N-ethyl adjacent to an activating group) is 1. The Bertz CT molecular complexity index is 918. The summed E-state index contributed by atoms with van der Waals surface area (Å²) < 4.78 is 11.9. The molecule has 0 aromatic heterocycles. The number of halogens is 2. The molecule has 0 radical (unpaired) electrons. The summed E-state index contributed by atoms with van der Waals surface area (Å²) in [6.07, 6.45) is 0. The molecule has 6 nitrogen and oxygen atoms in total. The van der Waals surface area contributed by atoms with E-state index < -0.39 is 0 Å². The highest BCUT2D eigenvalue weighted by atomic mass is 79.9. The molecule has 0 unspecified atom stereocenters. The molecule has 0 atom stereocenters. The predicted molar refractivity (Wildman–Crippen MR) is 127 cm³/mol. The van der Waals surface area contributed by atoms with Crippen LogP contribution in [0, 0.1) is 0 Å². The van der Waals surface area contributed by atoms with Crippen LogP contribution in [0.15, 0.2) is 40.9 Å². The zero-order chi connectivity index (χ0) is 21.7. The number of methoxy groups -OCH3 is 1. The van der Waals surface area contributed by atoms with Gasteiger partial charge in [-0.2, -0.15) is 0 Å². The number of amides is 1. The second-order valence-corrected chi connectivity index (χ2v) is 8.61. The van der Waals surface area contributed by atoms with Gasteiger partial charge in [0.1, 0.15) is 4.99 Å². The van der Waals surface area contributed by atoms with E-state index in [0.717, 1.165) is 36.7 Å². The van der Waals surface area contributed by atoms with Crippen molar-refractivity contribution in [2.75, 3.05) is 52.3 Å². The van der Waals surface area contributed by atoms with Gasteiger partial charge in [0.25, 0.3) is 5.91 Å². The number of thiocarbonyl (C=S) groups is 1. The van der Waals surface area contributed by atoms with Crippen LogP contribution in [-0.2, 0) is 4.79 Å². The Labute approximate surface area is 195 Å².